The Morgan fingerprint density at radius 2 is 1.89 bits per heavy atom. The lowest BCUT2D eigenvalue weighted by Crippen LogP contribution is -2.38. The van der Waals surface area contributed by atoms with Crippen molar-refractivity contribution in [3.63, 3.8) is 0 Å². The maximum absolute atomic E-state index is 9.53. The van der Waals surface area contributed by atoms with Crippen LogP contribution in [0, 0.1) is 0 Å². The largest absolute Gasteiger partial charge is 0.508 e. The lowest BCUT2D eigenvalue weighted by molar-refractivity contribution is 0.414. The van der Waals surface area contributed by atoms with Gasteiger partial charge in [0, 0.05) is 19.6 Å². The second kappa shape index (κ2) is 13.3. The Labute approximate surface area is 185 Å². The number of halogens is 1. The molecule has 0 aromatic heterocycles. The van der Waals surface area contributed by atoms with Crippen molar-refractivity contribution in [1.82, 2.24) is 10.6 Å². The fourth-order valence-corrected chi connectivity index (χ4v) is 2.85. The van der Waals surface area contributed by atoms with E-state index in [0.717, 1.165) is 49.7 Å². The van der Waals surface area contributed by atoms with Gasteiger partial charge in [0.05, 0.1) is 7.11 Å². The van der Waals surface area contributed by atoms with Crippen LogP contribution in [0.2, 0.25) is 0 Å². The van der Waals surface area contributed by atoms with Gasteiger partial charge in [-0.15, -0.1) is 24.0 Å². The third-order valence-electron chi connectivity index (χ3n) is 4.48. The Balaban J connectivity index is 0.00000392. The number of aromatic hydroxyl groups is 1. The highest BCUT2D eigenvalue weighted by atomic mass is 127. The van der Waals surface area contributed by atoms with Crippen LogP contribution in [0.1, 0.15) is 37.3 Å². The summed E-state index contributed by atoms with van der Waals surface area (Å²) in [5.74, 6) is 2.46. The molecule has 0 aliphatic rings. The number of hydrogen-bond donors (Lipinski definition) is 3. The molecule has 3 N–H and O–H groups in total. The number of benzene rings is 2. The Morgan fingerprint density at radius 1 is 1.14 bits per heavy atom. The molecule has 1 unspecified atom stereocenters. The molecule has 2 aromatic rings. The highest BCUT2D eigenvalue weighted by Crippen LogP contribution is 2.21. The topological polar surface area (TPSA) is 65.9 Å². The summed E-state index contributed by atoms with van der Waals surface area (Å²) in [6.45, 7) is 6.63. The van der Waals surface area contributed by atoms with E-state index in [1.54, 1.807) is 19.2 Å². The molecule has 1 atom stereocenters. The van der Waals surface area contributed by atoms with Crippen molar-refractivity contribution < 1.29 is 9.84 Å². The Morgan fingerprint density at radius 3 is 2.54 bits per heavy atom. The monoisotopic (exact) mass is 497 g/mol. The van der Waals surface area contributed by atoms with E-state index in [1.807, 2.05) is 24.3 Å². The van der Waals surface area contributed by atoms with Crippen LogP contribution in [0.4, 0.5) is 0 Å². The molecule has 5 nitrogen and oxygen atoms in total. The first kappa shape index (κ1) is 24.1. The number of aliphatic imine (C=N–C) groups is 1. The van der Waals surface area contributed by atoms with E-state index in [0.29, 0.717) is 11.7 Å². The first-order valence-corrected chi connectivity index (χ1v) is 9.56. The van der Waals surface area contributed by atoms with Gasteiger partial charge in [0.2, 0.25) is 0 Å². The fourth-order valence-electron chi connectivity index (χ4n) is 2.85. The van der Waals surface area contributed by atoms with Gasteiger partial charge in [0.1, 0.15) is 11.5 Å². The van der Waals surface area contributed by atoms with E-state index in [9.17, 15) is 5.11 Å². The summed E-state index contributed by atoms with van der Waals surface area (Å²) in [4.78, 5) is 4.68. The van der Waals surface area contributed by atoms with Crippen LogP contribution in [0.5, 0.6) is 11.5 Å². The first-order chi connectivity index (χ1) is 13.1. The summed E-state index contributed by atoms with van der Waals surface area (Å²) >= 11 is 0. The normalized spacial score (nSPS) is 12.0. The summed E-state index contributed by atoms with van der Waals surface area (Å²) in [5, 5.41) is 16.2. The molecule has 0 heterocycles. The zero-order valence-corrected chi connectivity index (χ0v) is 19.3. The molecule has 2 rings (SSSR count). The minimum Gasteiger partial charge on any atom is -0.508 e. The molecule has 2 aromatic carbocycles. The van der Waals surface area contributed by atoms with Crippen molar-refractivity contribution in [2.75, 3.05) is 26.7 Å². The number of methoxy groups -OCH3 is 1. The van der Waals surface area contributed by atoms with Gasteiger partial charge in [-0.25, -0.2) is 0 Å². The highest BCUT2D eigenvalue weighted by Gasteiger charge is 2.06. The summed E-state index contributed by atoms with van der Waals surface area (Å²) < 4.78 is 5.21. The number of phenols is 1. The Hall–Kier alpha value is -1.96. The van der Waals surface area contributed by atoms with Crippen molar-refractivity contribution in [3.05, 3.63) is 59.7 Å². The van der Waals surface area contributed by atoms with Crippen LogP contribution >= 0.6 is 24.0 Å². The smallest absolute Gasteiger partial charge is 0.191 e. The van der Waals surface area contributed by atoms with Gasteiger partial charge in [0.15, 0.2) is 5.96 Å². The van der Waals surface area contributed by atoms with Gasteiger partial charge in [-0.2, -0.15) is 0 Å². The predicted molar refractivity (Wildman–Crippen MR) is 127 cm³/mol. The molecule has 0 aliphatic heterocycles. The maximum atomic E-state index is 9.53. The summed E-state index contributed by atoms with van der Waals surface area (Å²) in [6, 6.07) is 15.6. The number of ether oxygens (including phenoxy) is 1. The lowest BCUT2D eigenvalue weighted by atomic mass is 9.98. The lowest BCUT2D eigenvalue weighted by Gasteiger charge is -2.14. The second-order valence-corrected chi connectivity index (χ2v) is 6.57. The van der Waals surface area contributed by atoms with E-state index in [1.165, 1.54) is 5.56 Å². The fraction of sp³-hybridized carbons (Fsp3) is 0.409. The molecule has 0 bridgehead atoms. The molecular formula is C22H32IN3O2. The first-order valence-electron chi connectivity index (χ1n) is 9.56. The van der Waals surface area contributed by atoms with Gasteiger partial charge >= 0.3 is 0 Å². The molecular weight excluding hydrogens is 465 g/mol. The van der Waals surface area contributed by atoms with E-state index >= 15 is 0 Å². The van der Waals surface area contributed by atoms with Crippen molar-refractivity contribution in [2.24, 2.45) is 4.99 Å². The quantitative estimate of drug-likeness (QED) is 0.275. The van der Waals surface area contributed by atoms with Crippen molar-refractivity contribution in [3.8, 4) is 11.5 Å². The molecule has 0 fully saturated rings. The van der Waals surface area contributed by atoms with Crippen molar-refractivity contribution >= 4 is 29.9 Å². The van der Waals surface area contributed by atoms with Crippen LogP contribution in [-0.2, 0) is 6.42 Å². The van der Waals surface area contributed by atoms with Gasteiger partial charge in [-0.05, 0) is 61.1 Å². The third-order valence-corrected chi connectivity index (χ3v) is 4.48. The van der Waals surface area contributed by atoms with Gasteiger partial charge in [0.25, 0.3) is 0 Å². The van der Waals surface area contributed by atoms with Crippen LogP contribution in [0.3, 0.4) is 0 Å². The highest BCUT2D eigenvalue weighted by molar-refractivity contribution is 14.0. The van der Waals surface area contributed by atoms with E-state index < -0.39 is 0 Å². The number of hydrogen-bond acceptors (Lipinski definition) is 3. The standard InChI is InChI=1S/C22H31N3O2.HI/c1-4-23-22(25-15-13-18-6-5-7-20(26)16-18)24-14-12-17(2)19-8-10-21(27-3)11-9-19;/h5-11,16-17,26H,4,12-15H2,1-3H3,(H2,23,24,25);1H. The van der Waals surface area contributed by atoms with Crippen molar-refractivity contribution in [2.45, 2.75) is 32.6 Å². The number of nitrogens with one attached hydrogen (secondary N) is 2. The molecule has 0 saturated heterocycles. The van der Waals surface area contributed by atoms with Crippen LogP contribution < -0.4 is 15.4 Å². The number of nitrogens with zero attached hydrogens (tertiary/aromatic N) is 1. The molecule has 0 saturated carbocycles. The minimum atomic E-state index is 0. The van der Waals surface area contributed by atoms with E-state index in [4.69, 9.17) is 4.74 Å². The van der Waals surface area contributed by atoms with E-state index in [2.05, 4.69) is 41.6 Å². The molecule has 6 heteroatoms. The Kier molecular flexibility index (Phi) is 11.4. The summed E-state index contributed by atoms with van der Waals surface area (Å²) in [6.07, 6.45) is 1.82. The average Bonchev–Trinajstić information content (AvgIpc) is 2.68. The van der Waals surface area contributed by atoms with Crippen LogP contribution in [0.15, 0.2) is 53.5 Å². The molecule has 0 aliphatic carbocycles. The molecule has 154 valence electrons. The predicted octanol–water partition coefficient (Wildman–Crippen LogP) is 4.31. The number of rotatable bonds is 9. The molecule has 0 spiro atoms. The van der Waals surface area contributed by atoms with Gasteiger partial charge in [-0.3, -0.25) is 4.99 Å². The average molecular weight is 497 g/mol. The zero-order chi connectivity index (χ0) is 19.5. The van der Waals surface area contributed by atoms with Gasteiger partial charge < -0.3 is 20.5 Å². The Bertz CT molecular complexity index is 720. The summed E-state index contributed by atoms with van der Waals surface area (Å²) in [5.41, 5.74) is 2.40. The zero-order valence-electron chi connectivity index (χ0n) is 16.9. The second-order valence-electron chi connectivity index (χ2n) is 6.57. The van der Waals surface area contributed by atoms with Crippen molar-refractivity contribution in [1.29, 1.82) is 0 Å². The van der Waals surface area contributed by atoms with Gasteiger partial charge in [-0.1, -0.05) is 31.2 Å². The van der Waals surface area contributed by atoms with Crippen LogP contribution in [0.25, 0.3) is 0 Å². The SMILES string of the molecule is CCNC(=NCCC(C)c1ccc(OC)cc1)NCCc1cccc(O)c1.I. The third kappa shape index (κ3) is 8.37. The molecule has 28 heavy (non-hydrogen) atoms. The molecule has 0 radical (unpaired) electrons. The number of phenolic OH excluding ortho intramolecular Hbond substituents is 1. The number of guanidine groups is 1. The van der Waals surface area contributed by atoms with Crippen LogP contribution in [-0.4, -0.2) is 37.8 Å². The molecule has 0 amide bonds. The van der Waals surface area contributed by atoms with E-state index in [-0.39, 0.29) is 24.0 Å². The summed E-state index contributed by atoms with van der Waals surface area (Å²) in [7, 11) is 1.68. The maximum Gasteiger partial charge on any atom is 0.191 e. The minimum absolute atomic E-state index is 0.